The van der Waals surface area contributed by atoms with E-state index in [4.69, 9.17) is 16.0 Å². The molecule has 2 rings (SSSR count). The molecule has 1 atom stereocenters. The molecule has 0 aliphatic heterocycles. The van der Waals surface area contributed by atoms with Crippen LogP contribution < -0.4 is 5.32 Å². The molecule has 0 saturated heterocycles. The van der Waals surface area contributed by atoms with Crippen molar-refractivity contribution < 1.29 is 8.81 Å². The van der Waals surface area contributed by atoms with Gasteiger partial charge in [0.15, 0.2) is 4.67 Å². The van der Waals surface area contributed by atoms with Crippen molar-refractivity contribution in [3.05, 3.63) is 57.2 Å². The third kappa shape index (κ3) is 3.59. The Morgan fingerprint density at radius 2 is 2.16 bits per heavy atom. The minimum Gasteiger partial charge on any atom is -0.453 e. The van der Waals surface area contributed by atoms with Crippen LogP contribution in [0.25, 0.3) is 0 Å². The molecular formula is C14H14BrClFNO. The lowest BCUT2D eigenvalue weighted by Crippen LogP contribution is -2.22. The molecule has 0 fully saturated rings. The summed E-state index contributed by atoms with van der Waals surface area (Å²) in [4.78, 5) is 0. The van der Waals surface area contributed by atoms with E-state index in [1.807, 2.05) is 19.1 Å². The summed E-state index contributed by atoms with van der Waals surface area (Å²) in [6.45, 7) is 2.77. The molecule has 0 aliphatic rings. The fraction of sp³-hybridized carbons (Fsp3) is 0.286. The number of benzene rings is 1. The average molecular weight is 347 g/mol. The van der Waals surface area contributed by atoms with Gasteiger partial charge in [0, 0.05) is 0 Å². The molecule has 5 heteroatoms. The molecule has 102 valence electrons. The first-order chi connectivity index (χ1) is 9.11. The molecule has 19 heavy (non-hydrogen) atoms. The van der Waals surface area contributed by atoms with E-state index in [-0.39, 0.29) is 16.9 Å². The van der Waals surface area contributed by atoms with E-state index < -0.39 is 0 Å². The van der Waals surface area contributed by atoms with Gasteiger partial charge in [-0.1, -0.05) is 30.7 Å². The minimum atomic E-state index is -0.363. The zero-order valence-electron chi connectivity index (χ0n) is 10.4. The quantitative estimate of drug-likeness (QED) is 0.847. The van der Waals surface area contributed by atoms with Crippen LogP contribution in [0.4, 0.5) is 4.39 Å². The van der Waals surface area contributed by atoms with E-state index in [0.717, 1.165) is 12.3 Å². The summed E-state index contributed by atoms with van der Waals surface area (Å²) in [5.41, 5.74) is 0.575. The Balaban J connectivity index is 2.23. The molecule has 1 aromatic carbocycles. The van der Waals surface area contributed by atoms with Crippen LogP contribution in [0.2, 0.25) is 5.02 Å². The van der Waals surface area contributed by atoms with E-state index in [2.05, 4.69) is 21.2 Å². The van der Waals surface area contributed by atoms with Gasteiger partial charge >= 0.3 is 0 Å². The van der Waals surface area contributed by atoms with E-state index in [0.29, 0.717) is 16.7 Å². The molecule has 1 heterocycles. The highest BCUT2D eigenvalue weighted by atomic mass is 79.9. The molecule has 1 N–H and O–H groups in total. The van der Waals surface area contributed by atoms with Crippen LogP contribution in [0.3, 0.4) is 0 Å². The minimum absolute atomic E-state index is 0.0794. The second-order valence-corrected chi connectivity index (χ2v) is 5.36. The highest BCUT2D eigenvalue weighted by molar-refractivity contribution is 9.10. The molecule has 0 spiro atoms. The van der Waals surface area contributed by atoms with Gasteiger partial charge < -0.3 is 9.73 Å². The largest absolute Gasteiger partial charge is 0.453 e. The van der Waals surface area contributed by atoms with Crippen LogP contribution in [0, 0.1) is 5.82 Å². The summed E-state index contributed by atoms with van der Waals surface area (Å²) in [6, 6.07) is 8.66. The average Bonchev–Trinajstić information content (AvgIpc) is 2.81. The third-order valence-corrected chi connectivity index (χ3v) is 3.56. The predicted octanol–water partition coefficient (Wildman–Crippen LogP) is 4.73. The Hall–Kier alpha value is -0.840. The lowest BCUT2D eigenvalue weighted by molar-refractivity contribution is 0.402. The molecule has 1 aromatic heterocycles. The topological polar surface area (TPSA) is 25.2 Å². The fourth-order valence-corrected chi connectivity index (χ4v) is 2.47. The van der Waals surface area contributed by atoms with Crippen LogP contribution in [0.1, 0.15) is 24.3 Å². The summed E-state index contributed by atoms with van der Waals surface area (Å²) in [6.07, 6.45) is 0.486. The highest BCUT2D eigenvalue weighted by Crippen LogP contribution is 2.26. The van der Waals surface area contributed by atoms with Gasteiger partial charge in [0.05, 0.1) is 11.1 Å². The van der Waals surface area contributed by atoms with Crippen LogP contribution in [-0.4, -0.2) is 6.54 Å². The molecule has 0 amide bonds. The number of hydrogen-bond acceptors (Lipinski definition) is 2. The summed E-state index contributed by atoms with van der Waals surface area (Å²) in [7, 11) is 0. The summed E-state index contributed by atoms with van der Waals surface area (Å²) in [5, 5.41) is 3.43. The monoisotopic (exact) mass is 345 g/mol. The molecule has 0 aliphatic carbocycles. The smallest absolute Gasteiger partial charge is 0.169 e. The van der Waals surface area contributed by atoms with Crippen LogP contribution in [0.15, 0.2) is 39.4 Å². The number of hydrogen-bond donors (Lipinski definition) is 1. The van der Waals surface area contributed by atoms with Crippen LogP contribution in [0.5, 0.6) is 0 Å². The molecule has 2 aromatic rings. The summed E-state index contributed by atoms with van der Waals surface area (Å²) in [5.74, 6) is 0.408. The van der Waals surface area contributed by atoms with E-state index in [1.165, 1.54) is 0 Å². The third-order valence-electron chi connectivity index (χ3n) is 2.84. The van der Waals surface area contributed by atoms with Crippen molar-refractivity contribution >= 4 is 27.5 Å². The van der Waals surface area contributed by atoms with Gasteiger partial charge in [-0.25, -0.2) is 4.39 Å². The highest BCUT2D eigenvalue weighted by Gasteiger charge is 2.17. The van der Waals surface area contributed by atoms with Gasteiger partial charge in [-0.05, 0) is 52.7 Å². The first kappa shape index (κ1) is 14.6. The number of nitrogens with one attached hydrogen (secondary N) is 1. The maximum absolute atomic E-state index is 13.9. The van der Waals surface area contributed by atoms with Crippen LogP contribution >= 0.6 is 27.5 Å². The van der Waals surface area contributed by atoms with Crippen molar-refractivity contribution in [1.82, 2.24) is 5.32 Å². The second-order valence-electron chi connectivity index (χ2n) is 4.17. The predicted molar refractivity (Wildman–Crippen MR) is 77.9 cm³/mol. The van der Waals surface area contributed by atoms with Crippen molar-refractivity contribution in [1.29, 1.82) is 0 Å². The Bertz CT molecular complexity index is 558. The van der Waals surface area contributed by atoms with Crippen molar-refractivity contribution in [3.63, 3.8) is 0 Å². The summed E-state index contributed by atoms with van der Waals surface area (Å²) >= 11 is 9.07. The van der Waals surface area contributed by atoms with Gasteiger partial charge in [-0.15, -0.1) is 0 Å². The molecular weight excluding hydrogens is 333 g/mol. The molecule has 0 saturated carbocycles. The van der Waals surface area contributed by atoms with Gasteiger partial charge in [-0.3, -0.25) is 0 Å². The maximum atomic E-state index is 13.9. The Kier molecular flexibility index (Phi) is 5.02. The van der Waals surface area contributed by atoms with E-state index in [9.17, 15) is 4.39 Å². The van der Waals surface area contributed by atoms with Gasteiger partial charge in [0.2, 0.25) is 0 Å². The summed E-state index contributed by atoms with van der Waals surface area (Å²) < 4.78 is 20.1. The van der Waals surface area contributed by atoms with E-state index in [1.54, 1.807) is 18.2 Å². The molecule has 2 nitrogen and oxygen atoms in total. The first-order valence-electron chi connectivity index (χ1n) is 6.03. The van der Waals surface area contributed by atoms with Crippen molar-refractivity contribution in [2.75, 3.05) is 6.54 Å². The molecule has 0 radical (unpaired) electrons. The van der Waals surface area contributed by atoms with Gasteiger partial charge in [0.1, 0.15) is 11.6 Å². The van der Waals surface area contributed by atoms with Gasteiger partial charge in [0.25, 0.3) is 0 Å². The van der Waals surface area contributed by atoms with E-state index >= 15 is 0 Å². The first-order valence-corrected chi connectivity index (χ1v) is 7.20. The lowest BCUT2D eigenvalue weighted by atomic mass is 10.0. The SMILES string of the molecule is CCNC(Cc1cccc(Cl)c1F)c1ccc(Br)o1. The zero-order valence-corrected chi connectivity index (χ0v) is 12.8. The number of rotatable bonds is 5. The van der Waals surface area contributed by atoms with Crippen molar-refractivity contribution in [2.24, 2.45) is 0 Å². The van der Waals surface area contributed by atoms with Crippen molar-refractivity contribution in [3.8, 4) is 0 Å². The number of halogens is 3. The maximum Gasteiger partial charge on any atom is 0.169 e. The Labute approximate surface area is 125 Å². The van der Waals surface area contributed by atoms with Crippen LogP contribution in [-0.2, 0) is 6.42 Å². The Morgan fingerprint density at radius 3 is 2.79 bits per heavy atom. The number of likely N-dealkylation sites (N-methyl/N-ethyl adjacent to an activating group) is 1. The van der Waals surface area contributed by atoms with Crippen molar-refractivity contribution in [2.45, 2.75) is 19.4 Å². The molecule has 0 bridgehead atoms. The fourth-order valence-electron chi connectivity index (χ4n) is 1.96. The zero-order chi connectivity index (χ0) is 13.8. The Morgan fingerprint density at radius 1 is 1.37 bits per heavy atom. The second kappa shape index (κ2) is 6.55. The lowest BCUT2D eigenvalue weighted by Gasteiger charge is -2.16. The normalized spacial score (nSPS) is 12.6. The molecule has 1 unspecified atom stereocenters. The standard InChI is InChI=1S/C14H14BrClFNO/c1-2-18-11(12-6-7-13(15)19-12)8-9-4-3-5-10(16)14(9)17/h3-7,11,18H,2,8H2,1H3. The van der Waals surface area contributed by atoms with Gasteiger partial charge in [-0.2, -0.15) is 0 Å². The number of furan rings is 1.